The fourth-order valence-electron chi connectivity index (χ4n) is 21.2. The highest BCUT2D eigenvalue weighted by atomic mass is 16.3. The summed E-state index contributed by atoms with van der Waals surface area (Å²) in [5.74, 6) is 2.30. The van der Waals surface area contributed by atoms with Crippen molar-refractivity contribution in [1.29, 1.82) is 0 Å². The first-order chi connectivity index (χ1) is 58.7. The van der Waals surface area contributed by atoms with Crippen LogP contribution in [0, 0.1) is 0 Å². The van der Waals surface area contributed by atoms with Gasteiger partial charge in [-0.1, -0.05) is 258 Å². The quantitative estimate of drug-likeness (QED) is 0.112. The van der Waals surface area contributed by atoms with Gasteiger partial charge in [-0.15, -0.1) is 0 Å². The molecule has 1 unspecified atom stereocenters. The van der Waals surface area contributed by atoms with Gasteiger partial charge in [0.25, 0.3) is 13.4 Å². The van der Waals surface area contributed by atoms with Gasteiger partial charge in [0.2, 0.25) is 0 Å². The Bertz CT molecular complexity index is 6760. The molecule has 592 valence electrons. The Morgan fingerprint density at radius 1 is 0.314 bits per heavy atom. The maximum atomic E-state index is 7.98. The van der Waals surface area contributed by atoms with E-state index in [0.29, 0.717) is 0 Å². The second-order valence-corrected chi connectivity index (χ2v) is 38.1. The van der Waals surface area contributed by atoms with Gasteiger partial charge in [0.15, 0.2) is 0 Å². The first kappa shape index (κ1) is 74.4. The molecule has 0 amide bonds. The highest BCUT2D eigenvalue weighted by molar-refractivity contribution is 7.00. The van der Waals surface area contributed by atoms with E-state index in [1.165, 1.54) is 105 Å². The number of nitrogens with zero attached hydrogens (tertiary/aromatic N) is 6. The summed E-state index contributed by atoms with van der Waals surface area (Å²) in [6.45, 7) is 25.7. The lowest BCUT2D eigenvalue weighted by atomic mass is 9.35. The van der Waals surface area contributed by atoms with Crippen LogP contribution in [0.1, 0.15) is 153 Å². The van der Waals surface area contributed by atoms with E-state index in [4.69, 9.17) is 8.83 Å². The predicted molar refractivity (Wildman–Crippen MR) is 511 cm³/mol. The molecule has 14 aromatic carbocycles. The van der Waals surface area contributed by atoms with Crippen LogP contribution >= 0.6 is 0 Å². The fraction of sp³-hybridized carbons (Fsp3) is 0.207. The molecule has 22 rings (SSSR count). The van der Waals surface area contributed by atoms with Gasteiger partial charge in [-0.2, -0.15) is 0 Å². The monoisotopic (exact) mass is 1570 g/mol. The van der Waals surface area contributed by atoms with E-state index in [1.807, 2.05) is 0 Å². The van der Waals surface area contributed by atoms with E-state index in [0.717, 1.165) is 142 Å². The van der Waals surface area contributed by atoms with Crippen molar-refractivity contribution in [2.45, 2.75) is 149 Å². The van der Waals surface area contributed by atoms with E-state index in [1.54, 1.807) is 0 Å². The Morgan fingerprint density at radius 3 is 1.15 bits per heavy atom. The van der Waals surface area contributed by atoms with Crippen molar-refractivity contribution in [3.05, 3.63) is 360 Å². The Morgan fingerprint density at radius 2 is 0.686 bits per heavy atom. The second-order valence-electron chi connectivity index (χ2n) is 38.1. The van der Waals surface area contributed by atoms with Gasteiger partial charge in [0, 0.05) is 114 Å². The average molecular weight is 1570 g/mol. The molecule has 8 nitrogen and oxygen atoms in total. The van der Waals surface area contributed by atoms with Crippen molar-refractivity contribution in [3.8, 4) is 0 Å². The third-order valence-corrected chi connectivity index (χ3v) is 27.4. The maximum absolute atomic E-state index is 7.98. The molecule has 0 fully saturated rings. The van der Waals surface area contributed by atoms with Crippen molar-refractivity contribution < 1.29 is 8.83 Å². The van der Waals surface area contributed by atoms with Gasteiger partial charge in [-0.05, 0) is 248 Å². The van der Waals surface area contributed by atoms with E-state index in [2.05, 4.69) is 421 Å². The standard InChI is InChI=1S/C111H100B2N6O2/c1-108(2,3)73-53-57-81(58-54-73)114(91-49-30-35-71-33-24-26-45-85(71)91)83-62-64-90-94(70-83)117(78-39-18-13-19-40-78)96-66-76(110(7,8)9)68-98-103(96)113(90)107-105(119(98)80-43-22-15-23-44-80)101-88(48-32-52-100(101)121-107)111(10,11)74-55-59-82(60-56-74)115(92-50-31-36-72-34-25-27-46-86(72)92)84-61-63-89-93(69-84)116(77-37-16-12-17-38-77)95-65-75(109(4,5)6)67-97-102(95)112(89)106-104(87-47-28-29-51-99(87)120-106)118(97)79-41-20-14-21-42-79/h12-27,30-31,33-46,49-50,53-70,88H,28-29,32,47-48,51-52H2,1-11H3. The van der Waals surface area contributed by atoms with Crippen LogP contribution in [0.5, 0.6) is 0 Å². The molecule has 10 heteroatoms. The third kappa shape index (κ3) is 12.0. The summed E-state index contributed by atoms with van der Waals surface area (Å²) < 4.78 is 15.5. The maximum Gasteiger partial charge on any atom is 0.297 e. The summed E-state index contributed by atoms with van der Waals surface area (Å²) in [5.41, 5.74) is 34.5. The molecule has 0 saturated carbocycles. The highest BCUT2D eigenvalue weighted by Gasteiger charge is 2.53. The highest BCUT2D eigenvalue weighted by Crippen LogP contribution is 2.57. The number of fused-ring (bicyclic) bond motifs is 14. The number of aryl methyl sites for hydroxylation is 2. The number of hydrogen-bond acceptors (Lipinski definition) is 8. The van der Waals surface area contributed by atoms with Crippen molar-refractivity contribution in [2.75, 3.05) is 29.4 Å². The smallest absolute Gasteiger partial charge is 0.297 e. The minimum Gasteiger partial charge on any atom is -0.473 e. The Hall–Kier alpha value is -12.9. The lowest BCUT2D eigenvalue weighted by Crippen LogP contribution is -2.61. The molecule has 16 aromatic rings. The zero-order chi connectivity index (χ0) is 82.1. The first-order valence-electron chi connectivity index (χ1n) is 43.8. The van der Waals surface area contributed by atoms with Crippen LogP contribution in [-0.4, -0.2) is 13.4 Å². The van der Waals surface area contributed by atoms with Crippen molar-refractivity contribution in [2.24, 2.45) is 0 Å². The zero-order valence-corrected chi connectivity index (χ0v) is 71.2. The van der Waals surface area contributed by atoms with E-state index < -0.39 is 5.41 Å². The van der Waals surface area contributed by atoms with Gasteiger partial charge in [0.05, 0.1) is 34.1 Å². The zero-order valence-electron chi connectivity index (χ0n) is 71.2. The molecular formula is C111H100B2N6O2. The van der Waals surface area contributed by atoms with Crippen LogP contribution in [0.15, 0.2) is 324 Å². The van der Waals surface area contributed by atoms with Gasteiger partial charge < -0.3 is 38.2 Å². The van der Waals surface area contributed by atoms with E-state index >= 15 is 0 Å². The van der Waals surface area contributed by atoms with Gasteiger partial charge in [-0.3, -0.25) is 0 Å². The van der Waals surface area contributed by atoms with Gasteiger partial charge in [0.1, 0.15) is 11.5 Å². The Kier molecular flexibility index (Phi) is 17.3. The van der Waals surface area contributed by atoms with Crippen molar-refractivity contribution >= 4 is 171 Å². The number of anilines is 18. The summed E-state index contributed by atoms with van der Waals surface area (Å²) in [4.78, 5) is 15.3. The summed E-state index contributed by atoms with van der Waals surface area (Å²) >= 11 is 0. The van der Waals surface area contributed by atoms with Gasteiger partial charge in [-0.25, -0.2) is 0 Å². The molecule has 2 aliphatic carbocycles. The second kappa shape index (κ2) is 28.1. The van der Waals surface area contributed by atoms with E-state index in [-0.39, 0.29) is 35.6 Å². The lowest BCUT2D eigenvalue weighted by Gasteiger charge is -2.45. The predicted octanol–water partition coefficient (Wildman–Crippen LogP) is 26.5. The molecule has 0 radical (unpaired) electrons. The molecule has 0 bridgehead atoms. The van der Waals surface area contributed by atoms with Crippen LogP contribution in [0.3, 0.4) is 0 Å². The Balaban J connectivity index is 0.708. The molecular weight excluding hydrogens is 1470 g/mol. The van der Waals surface area contributed by atoms with E-state index in [9.17, 15) is 0 Å². The largest absolute Gasteiger partial charge is 0.473 e. The summed E-state index contributed by atoms with van der Waals surface area (Å²) in [6, 6.07) is 119. The number of benzene rings is 14. The lowest BCUT2D eigenvalue weighted by molar-refractivity contribution is 0.350. The van der Waals surface area contributed by atoms with Crippen LogP contribution in [0.4, 0.5) is 102 Å². The molecule has 0 N–H and O–H groups in total. The van der Waals surface area contributed by atoms with Crippen LogP contribution < -0.4 is 62.6 Å². The topological polar surface area (TPSA) is 45.7 Å². The first-order valence-corrected chi connectivity index (χ1v) is 43.8. The summed E-state index contributed by atoms with van der Waals surface area (Å²) in [7, 11) is 0. The molecule has 2 aromatic heterocycles. The molecule has 121 heavy (non-hydrogen) atoms. The SMILES string of the molecule is CC(C)(C)c1ccc(N(c2ccc3c(c2)N(c2ccccc2)c2cc(C(C)(C)C)cc4c2B3c2oc3c(c2N4c2ccccc2)C(C(C)(C)c2ccc(N(c4ccc5c(c4)N(c4ccccc4)c4cc(C(C)(C)C)cc6c4B5c4oc5c(c4N6c4ccccc4)CCCC5)c4cccc5ccccc45)cc2)CCC3)c2cccc3ccccc23)cc1. The summed E-state index contributed by atoms with van der Waals surface area (Å²) in [5, 5.41) is 4.76. The fourth-order valence-corrected chi connectivity index (χ4v) is 21.2. The van der Waals surface area contributed by atoms with Crippen LogP contribution in [0.2, 0.25) is 0 Å². The van der Waals surface area contributed by atoms with Crippen LogP contribution in [0.25, 0.3) is 21.5 Å². The van der Waals surface area contributed by atoms with Gasteiger partial charge >= 0.3 is 0 Å². The molecule has 0 saturated heterocycles. The molecule has 1 atom stereocenters. The molecule has 4 aliphatic heterocycles. The third-order valence-electron chi connectivity index (χ3n) is 27.4. The van der Waals surface area contributed by atoms with Crippen molar-refractivity contribution in [1.82, 2.24) is 0 Å². The average Bonchev–Trinajstić information content (AvgIpc) is 1.66. The number of rotatable bonds is 12. The number of hydrogen-bond donors (Lipinski definition) is 0. The summed E-state index contributed by atoms with van der Waals surface area (Å²) in [6.07, 6.45) is 7.04. The van der Waals surface area contributed by atoms with Crippen LogP contribution in [-0.2, 0) is 40.9 Å². The molecule has 0 spiro atoms. The number of furan rings is 2. The number of para-hydroxylation sites is 4. The van der Waals surface area contributed by atoms with Crippen molar-refractivity contribution in [3.63, 3.8) is 0 Å². The minimum atomic E-state index is -0.392. The minimum absolute atomic E-state index is 0.0149. The molecule has 6 aliphatic rings. The normalized spacial score (nSPS) is 15.1. The Labute approximate surface area is 713 Å². The molecule has 6 heterocycles.